The van der Waals surface area contributed by atoms with Crippen molar-refractivity contribution in [3.8, 4) is 5.69 Å². The highest BCUT2D eigenvalue weighted by Crippen LogP contribution is 2.29. The van der Waals surface area contributed by atoms with Crippen LogP contribution in [0.5, 0.6) is 0 Å². The second-order valence-corrected chi connectivity index (χ2v) is 7.52. The predicted molar refractivity (Wildman–Crippen MR) is 114 cm³/mol. The van der Waals surface area contributed by atoms with Crippen LogP contribution in [0, 0.1) is 22.9 Å². The average molecular weight is 444 g/mol. The van der Waals surface area contributed by atoms with E-state index in [1.54, 1.807) is 30.0 Å². The van der Waals surface area contributed by atoms with Crippen LogP contribution in [0.25, 0.3) is 5.69 Å². The summed E-state index contributed by atoms with van der Waals surface area (Å²) >= 11 is 6.47. The number of aromatic nitrogens is 2. The maximum atomic E-state index is 13.2. The van der Waals surface area contributed by atoms with Crippen LogP contribution >= 0.6 is 11.6 Å². The molecule has 1 saturated heterocycles. The molecule has 1 aliphatic heterocycles. The number of rotatable bonds is 4. The van der Waals surface area contributed by atoms with Crippen LogP contribution in [-0.2, 0) is 0 Å². The fourth-order valence-electron chi connectivity index (χ4n) is 3.69. The van der Waals surface area contributed by atoms with Crippen molar-refractivity contribution in [2.45, 2.75) is 6.92 Å². The summed E-state index contributed by atoms with van der Waals surface area (Å²) in [5, 5.41) is 15.8. The summed E-state index contributed by atoms with van der Waals surface area (Å²) in [4.78, 5) is 27.6. The van der Waals surface area contributed by atoms with Crippen LogP contribution in [0.2, 0.25) is 5.15 Å². The van der Waals surface area contributed by atoms with Gasteiger partial charge in [-0.15, -0.1) is 0 Å². The van der Waals surface area contributed by atoms with E-state index >= 15 is 0 Å². The van der Waals surface area contributed by atoms with Gasteiger partial charge in [0.05, 0.1) is 21.9 Å². The third-order valence-corrected chi connectivity index (χ3v) is 5.62. The summed E-state index contributed by atoms with van der Waals surface area (Å²) < 4.78 is 14.6. The van der Waals surface area contributed by atoms with Gasteiger partial charge in [0.25, 0.3) is 11.6 Å². The summed E-state index contributed by atoms with van der Waals surface area (Å²) in [6.07, 6.45) is 0. The highest BCUT2D eigenvalue weighted by molar-refractivity contribution is 6.33. The second kappa shape index (κ2) is 8.35. The molecule has 3 aromatic rings. The van der Waals surface area contributed by atoms with Gasteiger partial charge in [0.1, 0.15) is 16.7 Å². The van der Waals surface area contributed by atoms with E-state index in [1.165, 1.54) is 35.0 Å². The quantitative estimate of drug-likeness (QED) is 0.451. The van der Waals surface area contributed by atoms with Crippen molar-refractivity contribution in [2.24, 2.45) is 0 Å². The number of benzene rings is 2. The van der Waals surface area contributed by atoms with E-state index in [-0.39, 0.29) is 22.6 Å². The molecule has 4 rings (SSSR count). The molecule has 10 heteroatoms. The number of nitro benzene ring substituents is 1. The topological polar surface area (TPSA) is 84.5 Å². The van der Waals surface area contributed by atoms with E-state index in [1.807, 2.05) is 4.90 Å². The Morgan fingerprint density at radius 3 is 2.39 bits per heavy atom. The van der Waals surface area contributed by atoms with Crippen LogP contribution in [0.4, 0.5) is 15.8 Å². The van der Waals surface area contributed by atoms with Crippen LogP contribution in [0.3, 0.4) is 0 Å². The molecule has 0 unspecified atom stereocenters. The van der Waals surface area contributed by atoms with Crippen molar-refractivity contribution in [3.05, 3.63) is 80.9 Å². The maximum Gasteiger partial charge on any atom is 0.292 e. The minimum absolute atomic E-state index is 0.0433. The third-order valence-electron chi connectivity index (χ3n) is 5.28. The standard InChI is InChI=1S/C21H19ClFN5O3/c1-14-19(20(22)27(24-14)16-8-6-15(23)7-9-16)21(29)26-12-10-25(11-13-26)17-4-2-3-5-18(17)28(30)31/h2-9H,10-13H2,1H3. The van der Waals surface area contributed by atoms with Gasteiger partial charge in [-0.1, -0.05) is 23.7 Å². The summed E-state index contributed by atoms with van der Waals surface area (Å²) in [5.74, 6) is -0.630. The number of anilines is 1. The fourth-order valence-corrected chi connectivity index (χ4v) is 4.04. The molecule has 1 aromatic heterocycles. The lowest BCUT2D eigenvalue weighted by atomic mass is 10.2. The summed E-state index contributed by atoms with van der Waals surface area (Å²) in [7, 11) is 0. The lowest BCUT2D eigenvalue weighted by Crippen LogP contribution is -2.49. The molecular weight excluding hydrogens is 425 g/mol. The monoisotopic (exact) mass is 443 g/mol. The molecule has 160 valence electrons. The number of amides is 1. The first kappa shape index (κ1) is 20.8. The van der Waals surface area contributed by atoms with Crippen LogP contribution in [0.15, 0.2) is 48.5 Å². The number of nitrogens with zero attached hydrogens (tertiary/aromatic N) is 5. The highest BCUT2D eigenvalue weighted by Gasteiger charge is 2.29. The molecule has 0 N–H and O–H groups in total. The number of para-hydroxylation sites is 2. The van der Waals surface area contributed by atoms with Crippen LogP contribution in [0.1, 0.15) is 16.1 Å². The number of carbonyl (C=O) groups excluding carboxylic acids is 1. The summed E-state index contributed by atoms with van der Waals surface area (Å²) in [6, 6.07) is 12.2. The molecular formula is C21H19ClFN5O3. The Morgan fingerprint density at radius 1 is 1.10 bits per heavy atom. The van der Waals surface area contributed by atoms with E-state index in [9.17, 15) is 19.3 Å². The SMILES string of the molecule is Cc1nn(-c2ccc(F)cc2)c(Cl)c1C(=O)N1CCN(c2ccccc2[N+](=O)[O-])CC1. The number of aryl methyl sites for hydroxylation is 1. The zero-order valence-corrected chi connectivity index (χ0v) is 17.4. The molecule has 1 aliphatic rings. The summed E-state index contributed by atoms with van der Waals surface area (Å²) in [5.41, 5.74) is 1.90. The first-order chi connectivity index (χ1) is 14.9. The molecule has 0 radical (unpaired) electrons. The number of halogens is 2. The average Bonchev–Trinajstić information content (AvgIpc) is 3.07. The van der Waals surface area contributed by atoms with Gasteiger partial charge in [0.2, 0.25) is 0 Å². The summed E-state index contributed by atoms with van der Waals surface area (Å²) in [6.45, 7) is 3.40. The van der Waals surface area contributed by atoms with Gasteiger partial charge < -0.3 is 9.80 Å². The van der Waals surface area contributed by atoms with Gasteiger partial charge >= 0.3 is 0 Å². The number of hydrogen-bond donors (Lipinski definition) is 0. The van der Waals surface area contributed by atoms with E-state index < -0.39 is 4.92 Å². The lowest BCUT2D eigenvalue weighted by Gasteiger charge is -2.35. The van der Waals surface area contributed by atoms with Gasteiger partial charge in [-0.3, -0.25) is 14.9 Å². The second-order valence-electron chi connectivity index (χ2n) is 7.16. The highest BCUT2D eigenvalue weighted by atomic mass is 35.5. The van der Waals surface area contributed by atoms with Crippen molar-refractivity contribution in [1.82, 2.24) is 14.7 Å². The van der Waals surface area contributed by atoms with Crippen molar-refractivity contribution >= 4 is 28.9 Å². The van der Waals surface area contributed by atoms with Crippen molar-refractivity contribution in [3.63, 3.8) is 0 Å². The smallest absolute Gasteiger partial charge is 0.292 e. The van der Waals surface area contributed by atoms with Crippen LogP contribution < -0.4 is 4.90 Å². The number of hydrogen-bond acceptors (Lipinski definition) is 5. The minimum atomic E-state index is -0.403. The number of nitro groups is 1. The predicted octanol–water partition coefficient (Wildman–Crippen LogP) is 3.84. The third kappa shape index (κ3) is 3.96. The zero-order chi connectivity index (χ0) is 22.1. The Bertz CT molecular complexity index is 1140. The van der Waals surface area contributed by atoms with E-state index in [2.05, 4.69) is 5.10 Å². The van der Waals surface area contributed by atoms with E-state index in [0.717, 1.165) is 0 Å². The zero-order valence-electron chi connectivity index (χ0n) is 16.7. The Labute approximate surface area is 182 Å². The Kier molecular flexibility index (Phi) is 5.60. The Morgan fingerprint density at radius 2 is 1.74 bits per heavy atom. The van der Waals surface area contributed by atoms with Gasteiger partial charge in [0, 0.05) is 32.2 Å². The van der Waals surface area contributed by atoms with Gasteiger partial charge in [-0.05, 0) is 37.3 Å². The van der Waals surface area contributed by atoms with Crippen molar-refractivity contribution in [1.29, 1.82) is 0 Å². The first-order valence-electron chi connectivity index (χ1n) is 9.65. The fraction of sp³-hybridized carbons (Fsp3) is 0.238. The molecule has 2 heterocycles. The lowest BCUT2D eigenvalue weighted by molar-refractivity contribution is -0.384. The largest absolute Gasteiger partial charge is 0.362 e. The van der Waals surface area contributed by atoms with E-state index in [4.69, 9.17) is 11.6 Å². The Hall–Kier alpha value is -3.46. The van der Waals surface area contributed by atoms with Crippen molar-refractivity contribution in [2.75, 3.05) is 31.1 Å². The molecule has 0 bridgehead atoms. The molecule has 0 saturated carbocycles. The van der Waals surface area contributed by atoms with Gasteiger partial charge in [-0.25, -0.2) is 9.07 Å². The molecule has 0 aliphatic carbocycles. The molecule has 0 atom stereocenters. The van der Waals surface area contributed by atoms with Gasteiger partial charge in [0.15, 0.2) is 0 Å². The van der Waals surface area contributed by atoms with Crippen LogP contribution in [-0.4, -0.2) is 51.7 Å². The molecule has 2 aromatic carbocycles. The maximum absolute atomic E-state index is 13.2. The minimum Gasteiger partial charge on any atom is -0.362 e. The molecule has 31 heavy (non-hydrogen) atoms. The Balaban J connectivity index is 1.52. The molecule has 0 spiro atoms. The first-order valence-corrected chi connectivity index (χ1v) is 10.0. The van der Waals surface area contributed by atoms with Gasteiger partial charge in [-0.2, -0.15) is 5.10 Å². The number of carbonyl (C=O) groups is 1. The van der Waals surface area contributed by atoms with Crippen molar-refractivity contribution < 1.29 is 14.1 Å². The molecule has 1 amide bonds. The molecule has 8 nitrogen and oxygen atoms in total. The van der Waals surface area contributed by atoms with E-state index in [0.29, 0.717) is 48.8 Å². The normalized spacial score (nSPS) is 14.0. The molecule has 1 fully saturated rings. The number of piperazine rings is 1.